The molecule has 0 aromatic heterocycles. The first-order valence-corrected chi connectivity index (χ1v) is 7.37. The van der Waals surface area contributed by atoms with Gasteiger partial charge in [-0.2, -0.15) is 0 Å². The molecular weight excluding hydrogens is 272 g/mol. The minimum Gasteiger partial charge on any atom is -0.399 e. The van der Waals surface area contributed by atoms with E-state index in [1.54, 1.807) is 13.0 Å². The summed E-state index contributed by atoms with van der Waals surface area (Å²) in [6.07, 6.45) is 13.1. The number of hydrogen-bond donors (Lipinski definition) is 2. The van der Waals surface area contributed by atoms with Gasteiger partial charge in [-0.3, -0.25) is 0 Å². The van der Waals surface area contributed by atoms with Crippen molar-refractivity contribution < 1.29 is 4.79 Å². The van der Waals surface area contributed by atoms with Crippen LogP contribution in [-0.4, -0.2) is 12.3 Å². The lowest BCUT2D eigenvalue weighted by Crippen LogP contribution is -2.08. The van der Waals surface area contributed by atoms with Crippen LogP contribution >= 0.6 is 0 Å². The van der Waals surface area contributed by atoms with Gasteiger partial charge in [-0.1, -0.05) is 43.0 Å². The number of rotatable bonds is 9. The van der Waals surface area contributed by atoms with E-state index in [-0.39, 0.29) is 5.78 Å². The number of carbonyl (C=O) groups excluding carboxylic acids is 1. The third kappa shape index (κ3) is 7.90. The highest BCUT2D eigenvalue weighted by atomic mass is 16.1. The van der Waals surface area contributed by atoms with Gasteiger partial charge in [-0.05, 0) is 48.9 Å². The number of nitrogens with one attached hydrogen (secondary N) is 1. The van der Waals surface area contributed by atoms with Crippen LogP contribution in [-0.2, 0) is 4.79 Å². The molecule has 0 saturated heterocycles. The van der Waals surface area contributed by atoms with Crippen LogP contribution in [0.3, 0.4) is 0 Å². The Bertz CT molecular complexity index is 566. The van der Waals surface area contributed by atoms with Crippen molar-refractivity contribution in [1.29, 1.82) is 0 Å². The van der Waals surface area contributed by atoms with E-state index in [4.69, 9.17) is 5.73 Å². The van der Waals surface area contributed by atoms with Crippen LogP contribution in [0.25, 0.3) is 6.08 Å². The Balaban J connectivity index is 2.51. The number of carbonyl (C=O) groups is 1. The van der Waals surface area contributed by atoms with E-state index in [0.717, 1.165) is 29.8 Å². The molecule has 0 heterocycles. The minimum absolute atomic E-state index is 0.226. The Morgan fingerprint density at radius 3 is 2.64 bits per heavy atom. The lowest BCUT2D eigenvalue weighted by molar-refractivity contribution is -0.117. The zero-order chi connectivity index (χ0) is 16.2. The van der Waals surface area contributed by atoms with Gasteiger partial charge in [0.2, 0.25) is 0 Å². The van der Waals surface area contributed by atoms with Gasteiger partial charge in [0, 0.05) is 18.7 Å². The van der Waals surface area contributed by atoms with Gasteiger partial charge in [0.05, 0.1) is 0 Å². The topological polar surface area (TPSA) is 55.1 Å². The summed E-state index contributed by atoms with van der Waals surface area (Å²) >= 11 is 0. The van der Waals surface area contributed by atoms with Gasteiger partial charge in [0.25, 0.3) is 0 Å². The lowest BCUT2D eigenvalue weighted by Gasteiger charge is -1.99. The fraction of sp³-hybridized carbons (Fsp3) is 0.211. The molecule has 22 heavy (non-hydrogen) atoms. The quantitative estimate of drug-likeness (QED) is 0.413. The number of benzene rings is 1. The SMILES string of the molecule is C=C/C=C(\C=C/NCCCC(C)=O)/C=C/c1ccc(N)cc1. The molecule has 0 aliphatic rings. The van der Waals surface area contributed by atoms with E-state index in [9.17, 15) is 4.79 Å². The Kier molecular flexibility index (Phi) is 8.13. The van der Waals surface area contributed by atoms with Crippen molar-refractivity contribution in [1.82, 2.24) is 5.32 Å². The molecule has 0 aliphatic heterocycles. The first-order chi connectivity index (χ1) is 10.6. The van der Waals surface area contributed by atoms with Crippen molar-refractivity contribution in [2.45, 2.75) is 19.8 Å². The van der Waals surface area contributed by atoms with Crippen LogP contribution in [0.2, 0.25) is 0 Å². The molecule has 0 amide bonds. The number of hydrogen-bond acceptors (Lipinski definition) is 3. The number of nitrogens with two attached hydrogens (primary N) is 1. The Morgan fingerprint density at radius 1 is 1.27 bits per heavy atom. The fourth-order valence-electron chi connectivity index (χ4n) is 1.78. The Hall–Kier alpha value is -2.55. The van der Waals surface area contributed by atoms with Crippen LogP contribution in [0.1, 0.15) is 25.3 Å². The lowest BCUT2D eigenvalue weighted by atomic mass is 10.1. The largest absolute Gasteiger partial charge is 0.399 e. The summed E-state index contributed by atoms with van der Waals surface area (Å²) < 4.78 is 0. The monoisotopic (exact) mass is 296 g/mol. The molecular formula is C19H24N2O. The maximum absolute atomic E-state index is 10.8. The standard InChI is InChI=1S/C19H24N2O/c1-3-5-17(13-15-21-14-4-6-16(2)22)7-8-18-9-11-19(20)12-10-18/h3,5,7-13,15,21H,1,4,6,14,20H2,2H3/b8-7+,15-13-,17-5-. The molecule has 0 spiro atoms. The van der Waals surface area contributed by atoms with Gasteiger partial charge in [0.15, 0.2) is 0 Å². The van der Waals surface area contributed by atoms with Gasteiger partial charge in [0.1, 0.15) is 5.78 Å². The third-order valence-corrected chi connectivity index (χ3v) is 2.96. The van der Waals surface area contributed by atoms with Gasteiger partial charge in [-0.15, -0.1) is 0 Å². The zero-order valence-electron chi connectivity index (χ0n) is 13.1. The summed E-state index contributed by atoms with van der Waals surface area (Å²) in [4.78, 5) is 10.8. The highest BCUT2D eigenvalue weighted by Crippen LogP contribution is 2.09. The number of anilines is 1. The first kappa shape index (κ1) is 17.5. The summed E-state index contributed by atoms with van der Waals surface area (Å²) in [5.41, 5.74) is 8.55. The second-order valence-corrected chi connectivity index (χ2v) is 5.00. The van der Waals surface area contributed by atoms with E-state index in [0.29, 0.717) is 6.42 Å². The maximum Gasteiger partial charge on any atom is 0.129 e. The van der Waals surface area contributed by atoms with Crippen molar-refractivity contribution in [2.24, 2.45) is 0 Å². The molecule has 0 atom stereocenters. The average Bonchev–Trinajstić information content (AvgIpc) is 2.49. The molecule has 0 bridgehead atoms. The van der Waals surface area contributed by atoms with Crippen molar-refractivity contribution in [2.75, 3.05) is 12.3 Å². The Morgan fingerprint density at radius 2 is 2.00 bits per heavy atom. The number of ketones is 1. The van der Waals surface area contributed by atoms with Crippen LogP contribution in [0.5, 0.6) is 0 Å². The Labute approximate surface area is 132 Å². The second kappa shape index (κ2) is 10.2. The molecule has 1 aromatic carbocycles. The summed E-state index contributed by atoms with van der Waals surface area (Å²) in [5, 5.41) is 3.18. The van der Waals surface area contributed by atoms with Gasteiger partial charge in [-0.25, -0.2) is 0 Å². The second-order valence-electron chi connectivity index (χ2n) is 5.00. The third-order valence-electron chi connectivity index (χ3n) is 2.96. The van der Waals surface area contributed by atoms with Crippen molar-refractivity contribution in [3.63, 3.8) is 0 Å². The molecule has 0 saturated carbocycles. The fourth-order valence-corrected chi connectivity index (χ4v) is 1.78. The van der Waals surface area contributed by atoms with Gasteiger partial charge < -0.3 is 15.8 Å². The molecule has 3 heteroatoms. The molecule has 0 fully saturated rings. The molecule has 0 aliphatic carbocycles. The number of allylic oxidation sites excluding steroid dienone is 5. The summed E-state index contributed by atoms with van der Waals surface area (Å²) in [6.45, 7) is 6.13. The molecule has 116 valence electrons. The predicted octanol–water partition coefficient (Wildman–Crippen LogP) is 3.87. The van der Waals surface area contributed by atoms with Crippen molar-refractivity contribution in [3.05, 3.63) is 72.5 Å². The van der Waals surface area contributed by atoms with E-state index in [2.05, 4.69) is 11.9 Å². The summed E-state index contributed by atoms with van der Waals surface area (Å²) in [7, 11) is 0. The van der Waals surface area contributed by atoms with Crippen LogP contribution in [0, 0.1) is 0 Å². The van der Waals surface area contributed by atoms with E-state index in [1.165, 1.54) is 0 Å². The van der Waals surface area contributed by atoms with Crippen molar-refractivity contribution >= 4 is 17.5 Å². The minimum atomic E-state index is 0.226. The van der Waals surface area contributed by atoms with Crippen molar-refractivity contribution in [3.8, 4) is 0 Å². The average molecular weight is 296 g/mol. The normalized spacial score (nSPS) is 12.0. The van der Waals surface area contributed by atoms with E-state index in [1.807, 2.05) is 54.8 Å². The molecule has 3 nitrogen and oxygen atoms in total. The number of Topliss-reactive ketones (excluding diaryl/α,β-unsaturated/α-hetero) is 1. The van der Waals surface area contributed by atoms with E-state index >= 15 is 0 Å². The van der Waals surface area contributed by atoms with E-state index < -0.39 is 0 Å². The van der Waals surface area contributed by atoms with Crippen LogP contribution in [0.15, 0.2) is 66.9 Å². The highest BCUT2D eigenvalue weighted by molar-refractivity contribution is 5.75. The van der Waals surface area contributed by atoms with Crippen LogP contribution < -0.4 is 11.1 Å². The molecule has 3 N–H and O–H groups in total. The molecule has 1 rings (SSSR count). The molecule has 0 radical (unpaired) electrons. The summed E-state index contributed by atoms with van der Waals surface area (Å²) in [5.74, 6) is 0.226. The number of nitrogen functional groups attached to an aromatic ring is 1. The maximum atomic E-state index is 10.8. The summed E-state index contributed by atoms with van der Waals surface area (Å²) in [6, 6.07) is 7.70. The predicted molar refractivity (Wildman–Crippen MR) is 95.2 cm³/mol. The first-order valence-electron chi connectivity index (χ1n) is 7.37. The zero-order valence-corrected chi connectivity index (χ0v) is 13.1. The van der Waals surface area contributed by atoms with Crippen LogP contribution in [0.4, 0.5) is 5.69 Å². The highest BCUT2D eigenvalue weighted by Gasteiger charge is 1.91. The van der Waals surface area contributed by atoms with Gasteiger partial charge >= 0.3 is 0 Å². The molecule has 0 unspecified atom stereocenters. The smallest absolute Gasteiger partial charge is 0.129 e. The molecule has 1 aromatic rings.